The second kappa shape index (κ2) is 8.10. The van der Waals surface area contributed by atoms with Crippen molar-refractivity contribution in [1.82, 2.24) is 10.2 Å². The van der Waals surface area contributed by atoms with Gasteiger partial charge in [-0.1, -0.05) is 33.6 Å². The highest BCUT2D eigenvalue weighted by molar-refractivity contribution is 4.79. The van der Waals surface area contributed by atoms with E-state index in [0.29, 0.717) is 0 Å². The summed E-state index contributed by atoms with van der Waals surface area (Å²) < 4.78 is 0. The lowest BCUT2D eigenvalue weighted by molar-refractivity contribution is 0.140. The van der Waals surface area contributed by atoms with Gasteiger partial charge in [0.1, 0.15) is 0 Å². The van der Waals surface area contributed by atoms with Gasteiger partial charge in [-0.2, -0.15) is 0 Å². The molecule has 17 heavy (non-hydrogen) atoms. The number of hydrogen-bond acceptors (Lipinski definition) is 2. The maximum Gasteiger partial charge on any atom is 0.0118 e. The zero-order valence-electron chi connectivity index (χ0n) is 12.3. The molecular formula is C15H32N2. The van der Waals surface area contributed by atoms with Crippen LogP contribution in [0.15, 0.2) is 0 Å². The molecule has 1 fully saturated rings. The average Bonchev–Trinajstić information content (AvgIpc) is 2.28. The molecule has 0 aromatic rings. The quantitative estimate of drug-likeness (QED) is 0.688. The fourth-order valence-corrected chi connectivity index (χ4v) is 2.89. The second-order valence-corrected chi connectivity index (χ2v) is 6.24. The van der Waals surface area contributed by atoms with Crippen LogP contribution in [0.5, 0.6) is 0 Å². The fourth-order valence-electron chi connectivity index (χ4n) is 2.89. The number of hydrogen-bond donors (Lipinski definition) is 1. The molecule has 0 radical (unpaired) electrons. The van der Waals surface area contributed by atoms with E-state index in [1.54, 1.807) is 0 Å². The predicted molar refractivity (Wildman–Crippen MR) is 76.4 cm³/mol. The van der Waals surface area contributed by atoms with E-state index in [1.165, 1.54) is 45.2 Å². The van der Waals surface area contributed by atoms with Gasteiger partial charge in [0.2, 0.25) is 0 Å². The number of likely N-dealkylation sites (N-methyl/N-ethyl adjacent to an activating group) is 1. The van der Waals surface area contributed by atoms with Crippen LogP contribution in [0.2, 0.25) is 0 Å². The largest absolute Gasteiger partial charge is 0.315 e. The molecule has 1 N–H and O–H groups in total. The normalized spacial score (nSPS) is 25.8. The van der Waals surface area contributed by atoms with Crippen LogP contribution in [0.4, 0.5) is 0 Å². The first kappa shape index (κ1) is 15.0. The fraction of sp³-hybridized carbons (Fsp3) is 1.00. The van der Waals surface area contributed by atoms with Gasteiger partial charge in [0.25, 0.3) is 0 Å². The molecular weight excluding hydrogens is 208 g/mol. The van der Waals surface area contributed by atoms with Crippen LogP contribution in [-0.2, 0) is 0 Å². The third-order valence-electron chi connectivity index (χ3n) is 4.17. The summed E-state index contributed by atoms with van der Waals surface area (Å²) in [5.74, 6) is 1.71. The molecule has 2 unspecified atom stereocenters. The van der Waals surface area contributed by atoms with Gasteiger partial charge >= 0.3 is 0 Å². The summed E-state index contributed by atoms with van der Waals surface area (Å²) in [4.78, 5) is 2.58. The van der Waals surface area contributed by atoms with Crippen molar-refractivity contribution in [3.05, 3.63) is 0 Å². The van der Waals surface area contributed by atoms with Gasteiger partial charge < -0.3 is 10.2 Å². The smallest absolute Gasteiger partial charge is 0.0118 e. The van der Waals surface area contributed by atoms with E-state index in [4.69, 9.17) is 0 Å². The standard InChI is InChI=1S/C15H32N2/c1-13(2)9-10-16-11-12-17(4)15-8-6-5-7-14(15)3/h13-16H,5-12H2,1-4H3. The molecule has 0 amide bonds. The molecule has 0 heterocycles. The van der Waals surface area contributed by atoms with Crippen LogP contribution < -0.4 is 5.32 Å². The molecule has 0 aliphatic heterocycles. The van der Waals surface area contributed by atoms with E-state index in [1.807, 2.05) is 0 Å². The van der Waals surface area contributed by atoms with Gasteiger partial charge in [0.15, 0.2) is 0 Å². The van der Waals surface area contributed by atoms with Gasteiger partial charge in [-0.05, 0) is 44.7 Å². The van der Waals surface area contributed by atoms with Crippen molar-refractivity contribution in [3.8, 4) is 0 Å². The Kier molecular flexibility index (Phi) is 7.14. The summed E-state index contributed by atoms with van der Waals surface area (Å²) in [6.07, 6.45) is 7.00. The predicted octanol–water partition coefficient (Wildman–Crippen LogP) is 3.13. The molecule has 1 saturated carbocycles. The molecule has 1 rings (SSSR count). The zero-order valence-corrected chi connectivity index (χ0v) is 12.3. The zero-order chi connectivity index (χ0) is 12.7. The van der Waals surface area contributed by atoms with E-state index in [0.717, 1.165) is 24.4 Å². The van der Waals surface area contributed by atoms with E-state index >= 15 is 0 Å². The summed E-state index contributed by atoms with van der Waals surface area (Å²) in [5, 5.41) is 3.56. The highest BCUT2D eigenvalue weighted by Crippen LogP contribution is 2.26. The van der Waals surface area contributed by atoms with Gasteiger partial charge in [-0.15, -0.1) is 0 Å². The minimum absolute atomic E-state index is 0.818. The lowest BCUT2D eigenvalue weighted by atomic mass is 9.85. The minimum atomic E-state index is 0.818. The summed E-state index contributed by atoms with van der Waals surface area (Å²) in [5.41, 5.74) is 0. The Morgan fingerprint density at radius 2 is 1.88 bits per heavy atom. The second-order valence-electron chi connectivity index (χ2n) is 6.24. The lowest BCUT2D eigenvalue weighted by Crippen LogP contribution is -2.42. The molecule has 0 aromatic carbocycles. The number of nitrogens with one attached hydrogen (secondary N) is 1. The summed E-state index contributed by atoms with van der Waals surface area (Å²) in [6, 6.07) is 0.829. The first-order chi connectivity index (χ1) is 8.11. The Labute approximate surface area is 108 Å². The summed E-state index contributed by atoms with van der Waals surface area (Å²) >= 11 is 0. The van der Waals surface area contributed by atoms with Crippen molar-refractivity contribution in [2.45, 2.75) is 58.9 Å². The van der Waals surface area contributed by atoms with E-state index in [2.05, 4.69) is 38.0 Å². The van der Waals surface area contributed by atoms with Gasteiger partial charge in [0.05, 0.1) is 0 Å². The van der Waals surface area contributed by atoms with E-state index < -0.39 is 0 Å². The van der Waals surface area contributed by atoms with E-state index in [9.17, 15) is 0 Å². The van der Waals surface area contributed by atoms with Crippen molar-refractivity contribution >= 4 is 0 Å². The van der Waals surface area contributed by atoms with Gasteiger partial charge in [0, 0.05) is 19.1 Å². The minimum Gasteiger partial charge on any atom is -0.315 e. The Bertz CT molecular complexity index is 191. The molecule has 0 saturated heterocycles. The first-order valence-corrected chi connectivity index (χ1v) is 7.52. The van der Waals surface area contributed by atoms with Crippen LogP contribution in [0, 0.1) is 11.8 Å². The Hall–Kier alpha value is -0.0800. The van der Waals surface area contributed by atoms with Crippen LogP contribution in [0.1, 0.15) is 52.9 Å². The average molecular weight is 240 g/mol. The van der Waals surface area contributed by atoms with Crippen LogP contribution in [0.25, 0.3) is 0 Å². The molecule has 0 aromatic heterocycles. The molecule has 1 aliphatic carbocycles. The molecule has 0 bridgehead atoms. The highest BCUT2D eigenvalue weighted by atomic mass is 15.1. The van der Waals surface area contributed by atoms with Crippen molar-refractivity contribution in [1.29, 1.82) is 0 Å². The van der Waals surface area contributed by atoms with E-state index in [-0.39, 0.29) is 0 Å². The SMILES string of the molecule is CC(C)CCNCCN(C)C1CCCCC1C. The third-order valence-corrected chi connectivity index (χ3v) is 4.17. The van der Waals surface area contributed by atoms with Crippen molar-refractivity contribution in [3.63, 3.8) is 0 Å². The molecule has 1 aliphatic rings. The first-order valence-electron chi connectivity index (χ1n) is 7.52. The van der Waals surface area contributed by atoms with Crippen molar-refractivity contribution in [2.75, 3.05) is 26.7 Å². The Morgan fingerprint density at radius 3 is 2.53 bits per heavy atom. The lowest BCUT2D eigenvalue weighted by Gasteiger charge is -2.36. The van der Waals surface area contributed by atoms with Crippen LogP contribution in [-0.4, -0.2) is 37.6 Å². The molecule has 102 valence electrons. The molecule has 0 spiro atoms. The summed E-state index contributed by atoms with van der Waals surface area (Å²) in [7, 11) is 2.30. The monoisotopic (exact) mass is 240 g/mol. The van der Waals surface area contributed by atoms with Gasteiger partial charge in [-0.3, -0.25) is 0 Å². The molecule has 2 nitrogen and oxygen atoms in total. The van der Waals surface area contributed by atoms with Crippen molar-refractivity contribution < 1.29 is 0 Å². The van der Waals surface area contributed by atoms with Crippen LogP contribution in [0.3, 0.4) is 0 Å². The van der Waals surface area contributed by atoms with Crippen LogP contribution >= 0.6 is 0 Å². The summed E-state index contributed by atoms with van der Waals surface area (Å²) in [6.45, 7) is 10.5. The number of rotatable bonds is 7. The Balaban J connectivity index is 2.09. The van der Waals surface area contributed by atoms with Gasteiger partial charge in [-0.25, -0.2) is 0 Å². The third kappa shape index (κ3) is 5.87. The maximum atomic E-state index is 3.56. The molecule has 2 atom stereocenters. The van der Waals surface area contributed by atoms with Crippen molar-refractivity contribution in [2.24, 2.45) is 11.8 Å². The number of nitrogens with zero attached hydrogens (tertiary/aromatic N) is 1. The molecule has 2 heteroatoms. The highest BCUT2D eigenvalue weighted by Gasteiger charge is 2.24. The Morgan fingerprint density at radius 1 is 1.18 bits per heavy atom. The topological polar surface area (TPSA) is 15.3 Å². The maximum absolute atomic E-state index is 3.56.